The number of ether oxygens (including phenoxy) is 1. The molecule has 3 rings (SSSR count). The first-order valence-electron chi connectivity index (χ1n) is 8.17. The molecule has 2 fully saturated rings. The number of aliphatic imine (C=N–C) groups is 1. The topological polar surface area (TPSA) is 38.7 Å². The van der Waals surface area contributed by atoms with Gasteiger partial charge in [0.1, 0.15) is 5.75 Å². The van der Waals surface area contributed by atoms with Gasteiger partial charge in [-0.1, -0.05) is 25.7 Å². The molecule has 2 saturated carbocycles. The normalized spacial score (nSPS) is 20.8. The van der Waals surface area contributed by atoms with Crippen molar-refractivity contribution in [3.8, 4) is 5.75 Å². The third-order valence-corrected chi connectivity index (χ3v) is 5.89. The summed E-state index contributed by atoms with van der Waals surface area (Å²) in [5.41, 5.74) is 2.05. The van der Waals surface area contributed by atoms with Gasteiger partial charge in [0.15, 0.2) is 0 Å². The molecular formula is C18H22BrNO2. The first kappa shape index (κ1) is 15.8. The lowest BCUT2D eigenvalue weighted by Gasteiger charge is -2.26. The molecule has 3 nitrogen and oxygen atoms in total. The Morgan fingerprint density at radius 3 is 2.50 bits per heavy atom. The van der Waals surface area contributed by atoms with Crippen molar-refractivity contribution < 1.29 is 9.53 Å². The van der Waals surface area contributed by atoms with Crippen molar-refractivity contribution in [1.82, 2.24) is 0 Å². The van der Waals surface area contributed by atoms with E-state index in [0.29, 0.717) is 5.92 Å². The van der Waals surface area contributed by atoms with Gasteiger partial charge in [-0.15, -0.1) is 0 Å². The van der Waals surface area contributed by atoms with E-state index >= 15 is 0 Å². The zero-order valence-electron chi connectivity index (χ0n) is 13.0. The monoisotopic (exact) mass is 363 g/mol. The quantitative estimate of drug-likeness (QED) is 0.543. The summed E-state index contributed by atoms with van der Waals surface area (Å²) in [7, 11) is 1.73. The van der Waals surface area contributed by atoms with Crippen LogP contribution in [0.3, 0.4) is 0 Å². The van der Waals surface area contributed by atoms with Crippen LogP contribution in [0.4, 0.5) is 0 Å². The van der Waals surface area contributed by atoms with Gasteiger partial charge in [0, 0.05) is 0 Å². The number of rotatable bonds is 4. The predicted molar refractivity (Wildman–Crippen MR) is 90.2 cm³/mol. The van der Waals surface area contributed by atoms with E-state index in [-0.39, 0.29) is 5.54 Å². The van der Waals surface area contributed by atoms with Gasteiger partial charge >= 0.3 is 0 Å². The molecule has 1 aromatic rings. The van der Waals surface area contributed by atoms with Crippen molar-refractivity contribution in [2.75, 3.05) is 7.11 Å². The predicted octanol–water partition coefficient (Wildman–Crippen LogP) is 5.22. The Morgan fingerprint density at radius 1 is 1.23 bits per heavy atom. The van der Waals surface area contributed by atoms with Crippen molar-refractivity contribution >= 4 is 22.0 Å². The molecule has 0 aromatic heterocycles. The fourth-order valence-corrected chi connectivity index (χ4v) is 4.79. The van der Waals surface area contributed by atoms with Gasteiger partial charge in [-0.3, -0.25) is 0 Å². The molecule has 0 spiro atoms. The van der Waals surface area contributed by atoms with Crippen LogP contribution in [-0.2, 0) is 10.3 Å². The van der Waals surface area contributed by atoms with Crippen molar-refractivity contribution in [3.63, 3.8) is 0 Å². The van der Waals surface area contributed by atoms with Crippen LogP contribution in [0.2, 0.25) is 0 Å². The fourth-order valence-electron chi connectivity index (χ4n) is 4.15. The third-order valence-electron chi connectivity index (χ3n) is 5.30. The molecule has 0 heterocycles. The number of hydrogen-bond donors (Lipinski definition) is 0. The van der Waals surface area contributed by atoms with E-state index in [0.717, 1.165) is 41.5 Å². The van der Waals surface area contributed by atoms with Gasteiger partial charge in [0.25, 0.3) is 0 Å². The lowest BCUT2D eigenvalue weighted by atomic mass is 9.85. The Kier molecular flexibility index (Phi) is 4.70. The Hall–Kier alpha value is -1.12. The largest absolute Gasteiger partial charge is 0.495 e. The van der Waals surface area contributed by atoms with Gasteiger partial charge in [0.05, 0.1) is 17.1 Å². The molecule has 0 radical (unpaired) electrons. The summed E-state index contributed by atoms with van der Waals surface area (Å²) in [4.78, 5) is 15.2. The van der Waals surface area contributed by atoms with Crippen LogP contribution in [0, 0.1) is 0 Å². The number of nitrogens with zero attached hydrogens (tertiary/aromatic N) is 1. The van der Waals surface area contributed by atoms with E-state index in [4.69, 9.17) is 4.74 Å². The minimum absolute atomic E-state index is 0.371. The summed E-state index contributed by atoms with van der Waals surface area (Å²) in [6, 6.07) is 4.33. The van der Waals surface area contributed by atoms with Gasteiger partial charge in [-0.25, -0.2) is 4.79 Å². The second-order valence-electron chi connectivity index (χ2n) is 6.50. The zero-order valence-corrected chi connectivity index (χ0v) is 14.6. The van der Waals surface area contributed by atoms with Crippen LogP contribution < -0.4 is 4.74 Å². The summed E-state index contributed by atoms with van der Waals surface area (Å²) < 4.78 is 6.62. The molecule has 0 bridgehead atoms. The summed E-state index contributed by atoms with van der Waals surface area (Å²) in [6.45, 7) is 0. The van der Waals surface area contributed by atoms with E-state index < -0.39 is 0 Å². The van der Waals surface area contributed by atoms with Crippen LogP contribution in [0.25, 0.3) is 0 Å². The first-order chi connectivity index (χ1) is 10.7. The van der Waals surface area contributed by atoms with Crippen molar-refractivity contribution in [3.05, 3.63) is 27.7 Å². The van der Waals surface area contributed by atoms with Crippen LogP contribution in [0.1, 0.15) is 68.4 Å². The van der Waals surface area contributed by atoms with E-state index in [1.807, 2.05) is 6.08 Å². The molecule has 0 atom stereocenters. The zero-order chi connectivity index (χ0) is 15.6. The van der Waals surface area contributed by atoms with Crippen LogP contribution in [0.5, 0.6) is 5.75 Å². The number of methoxy groups -OCH3 is 1. The second kappa shape index (κ2) is 6.55. The van der Waals surface area contributed by atoms with Crippen LogP contribution in [0.15, 0.2) is 21.6 Å². The van der Waals surface area contributed by atoms with Crippen molar-refractivity contribution in [2.45, 2.75) is 62.8 Å². The molecule has 1 aromatic carbocycles. The molecular weight excluding hydrogens is 342 g/mol. The highest BCUT2D eigenvalue weighted by Gasteiger charge is 2.37. The van der Waals surface area contributed by atoms with E-state index in [1.165, 1.54) is 31.2 Å². The lowest BCUT2D eigenvalue weighted by Crippen LogP contribution is -2.19. The van der Waals surface area contributed by atoms with E-state index in [2.05, 4.69) is 33.1 Å². The number of hydrogen-bond acceptors (Lipinski definition) is 3. The van der Waals surface area contributed by atoms with Crippen molar-refractivity contribution in [1.29, 1.82) is 0 Å². The van der Waals surface area contributed by atoms with Gasteiger partial charge < -0.3 is 4.74 Å². The molecule has 22 heavy (non-hydrogen) atoms. The lowest BCUT2D eigenvalue weighted by molar-refractivity contribution is 0.400. The fraction of sp³-hybridized carbons (Fsp3) is 0.611. The maximum Gasteiger partial charge on any atom is 0.235 e. The maximum absolute atomic E-state index is 11.0. The highest BCUT2D eigenvalue weighted by molar-refractivity contribution is 9.10. The minimum atomic E-state index is -0.371. The van der Waals surface area contributed by atoms with Gasteiger partial charge in [-0.2, -0.15) is 4.99 Å². The summed E-state index contributed by atoms with van der Waals surface area (Å²) in [5.74, 6) is 1.50. The molecule has 0 saturated heterocycles. The van der Waals surface area contributed by atoms with Crippen molar-refractivity contribution in [2.24, 2.45) is 4.99 Å². The van der Waals surface area contributed by atoms with E-state index in [1.54, 1.807) is 7.11 Å². The Bertz CT molecular complexity index is 595. The molecule has 2 aliphatic carbocycles. The molecule has 0 N–H and O–H groups in total. The molecule has 0 aliphatic heterocycles. The molecule has 2 aliphatic rings. The summed E-state index contributed by atoms with van der Waals surface area (Å²) >= 11 is 3.66. The Balaban J connectivity index is 2.10. The standard InChI is InChI=1S/C18H22BrNO2/c1-22-17-15(13-6-2-3-7-13)10-14(11-16(17)19)18(20-12-21)8-4-5-9-18/h10-11,13H,2-9H2,1H3. The second-order valence-corrected chi connectivity index (χ2v) is 7.36. The minimum Gasteiger partial charge on any atom is -0.495 e. The smallest absolute Gasteiger partial charge is 0.235 e. The number of isocyanates is 1. The average Bonchev–Trinajstić information content (AvgIpc) is 3.19. The number of halogens is 1. The Morgan fingerprint density at radius 2 is 1.91 bits per heavy atom. The highest BCUT2D eigenvalue weighted by Crippen LogP contribution is 2.48. The summed E-state index contributed by atoms with van der Waals surface area (Å²) in [6.07, 6.45) is 10.9. The molecule has 4 heteroatoms. The highest BCUT2D eigenvalue weighted by atomic mass is 79.9. The summed E-state index contributed by atoms with van der Waals surface area (Å²) in [5, 5.41) is 0. The van der Waals surface area contributed by atoms with Gasteiger partial charge in [-0.05, 0) is 70.8 Å². The van der Waals surface area contributed by atoms with Crippen LogP contribution in [-0.4, -0.2) is 13.2 Å². The molecule has 0 unspecified atom stereocenters. The maximum atomic E-state index is 11.0. The van der Waals surface area contributed by atoms with E-state index in [9.17, 15) is 4.79 Å². The molecule has 0 amide bonds. The van der Waals surface area contributed by atoms with Gasteiger partial charge in [0.2, 0.25) is 6.08 Å². The SMILES string of the molecule is COc1c(Br)cc(C2(N=C=O)CCCC2)cc1C1CCCC1. The number of benzene rings is 1. The average molecular weight is 364 g/mol. The first-order valence-corrected chi connectivity index (χ1v) is 8.96. The number of carbonyl (C=O) groups excluding carboxylic acids is 1. The molecule has 118 valence electrons. The Labute approximate surface area is 140 Å². The van der Waals surface area contributed by atoms with Crippen LogP contribution >= 0.6 is 15.9 Å². The third kappa shape index (κ3) is 2.75.